The first-order chi connectivity index (χ1) is 4.77. The Labute approximate surface area is 59.6 Å². The Morgan fingerprint density at radius 1 is 1.50 bits per heavy atom. The average Bonchev–Trinajstić information content (AvgIpc) is 1.89. The smallest absolute Gasteiger partial charge is 0.209 e. The molecule has 0 aromatic carbocycles. The zero-order chi connectivity index (χ0) is 7.45. The molecule has 1 aliphatic rings. The molecule has 0 aromatic heterocycles. The molecule has 0 atom stereocenters. The highest BCUT2D eigenvalue weighted by molar-refractivity contribution is 5.47. The molecular weight excluding hydrogens is 132 g/mol. The van der Waals surface area contributed by atoms with E-state index in [0.29, 0.717) is 19.3 Å². The Bertz CT molecular complexity index is 121. The molecule has 0 spiro atoms. The molecule has 1 saturated heterocycles. The molecule has 4 heteroatoms. The molecule has 0 aromatic rings. The predicted molar refractivity (Wildman–Crippen MR) is 36.3 cm³/mol. The summed E-state index contributed by atoms with van der Waals surface area (Å²) in [5.41, 5.74) is -0.951. The highest BCUT2D eigenvalue weighted by atomic mass is 16.3. The fourth-order valence-electron chi connectivity index (χ4n) is 1.09. The minimum atomic E-state index is -0.951. The monoisotopic (exact) mass is 144 g/mol. The standard InChI is InChI=1S/C6H12N2O2/c9-5-8-6(10)1-3-7-4-2-6/h5,7,10H,1-4H2,(H,8,9). The van der Waals surface area contributed by atoms with Crippen molar-refractivity contribution in [2.75, 3.05) is 13.1 Å². The van der Waals surface area contributed by atoms with Crippen LogP contribution in [0.4, 0.5) is 0 Å². The lowest BCUT2D eigenvalue weighted by atomic mass is 10.0. The van der Waals surface area contributed by atoms with E-state index in [9.17, 15) is 9.90 Å². The van der Waals surface area contributed by atoms with Crippen LogP contribution in [0.15, 0.2) is 0 Å². The van der Waals surface area contributed by atoms with E-state index >= 15 is 0 Å². The van der Waals surface area contributed by atoms with Gasteiger partial charge in [0, 0.05) is 12.8 Å². The molecule has 0 saturated carbocycles. The van der Waals surface area contributed by atoms with Gasteiger partial charge in [-0.05, 0) is 13.1 Å². The Balaban J connectivity index is 2.39. The van der Waals surface area contributed by atoms with Crippen molar-refractivity contribution in [3.63, 3.8) is 0 Å². The number of rotatable bonds is 2. The second-order valence-electron chi connectivity index (χ2n) is 2.54. The summed E-state index contributed by atoms with van der Waals surface area (Å²) in [6.07, 6.45) is 1.72. The van der Waals surface area contributed by atoms with Gasteiger partial charge in [-0.1, -0.05) is 0 Å². The average molecular weight is 144 g/mol. The van der Waals surface area contributed by atoms with Crippen LogP contribution in [-0.4, -0.2) is 30.3 Å². The van der Waals surface area contributed by atoms with Crippen LogP contribution in [0.25, 0.3) is 0 Å². The molecular formula is C6H12N2O2. The van der Waals surface area contributed by atoms with E-state index in [1.54, 1.807) is 0 Å². The number of hydrogen-bond acceptors (Lipinski definition) is 3. The molecule has 58 valence electrons. The lowest BCUT2D eigenvalue weighted by Crippen LogP contribution is -2.51. The maximum absolute atomic E-state index is 9.99. The van der Waals surface area contributed by atoms with E-state index in [1.807, 2.05) is 0 Å². The topological polar surface area (TPSA) is 61.4 Å². The zero-order valence-electron chi connectivity index (χ0n) is 5.76. The van der Waals surface area contributed by atoms with Gasteiger partial charge in [0.1, 0.15) is 5.72 Å². The molecule has 1 aliphatic heterocycles. The van der Waals surface area contributed by atoms with Crippen molar-refractivity contribution in [2.24, 2.45) is 0 Å². The van der Waals surface area contributed by atoms with Gasteiger partial charge in [-0.15, -0.1) is 0 Å². The van der Waals surface area contributed by atoms with Gasteiger partial charge in [-0.3, -0.25) is 4.79 Å². The lowest BCUT2D eigenvalue weighted by Gasteiger charge is -2.31. The summed E-state index contributed by atoms with van der Waals surface area (Å²) >= 11 is 0. The fourth-order valence-corrected chi connectivity index (χ4v) is 1.09. The van der Waals surface area contributed by atoms with Crippen molar-refractivity contribution in [1.29, 1.82) is 0 Å². The SMILES string of the molecule is O=CNC1(O)CCNCC1. The molecule has 4 nitrogen and oxygen atoms in total. The van der Waals surface area contributed by atoms with Crippen molar-refractivity contribution in [3.05, 3.63) is 0 Å². The second kappa shape index (κ2) is 2.98. The molecule has 0 bridgehead atoms. The Hall–Kier alpha value is -0.610. The van der Waals surface area contributed by atoms with Gasteiger partial charge in [0.25, 0.3) is 0 Å². The first-order valence-electron chi connectivity index (χ1n) is 3.41. The molecule has 0 aliphatic carbocycles. The van der Waals surface area contributed by atoms with Crippen LogP contribution < -0.4 is 10.6 Å². The molecule has 3 N–H and O–H groups in total. The number of aliphatic hydroxyl groups is 1. The molecule has 1 fully saturated rings. The van der Waals surface area contributed by atoms with Crippen LogP contribution in [0.5, 0.6) is 0 Å². The van der Waals surface area contributed by atoms with Gasteiger partial charge >= 0.3 is 0 Å². The number of amides is 1. The van der Waals surface area contributed by atoms with Gasteiger partial charge in [0.15, 0.2) is 0 Å². The lowest BCUT2D eigenvalue weighted by molar-refractivity contribution is -0.118. The third-order valence-electron chi connectivity index (χ3n) is 1.76. The summed E-state index contributed by atoms with van der Waals surface area (Å²) in [6.45, 7) is 1.52. The third kappa shape index (κ3) is 1.68. The summed E-state index contributed by atoms with van der Waals surface area (Å²) in [4.78, 5) is 9.99. The number of carbonyl (C=O) groups excluding carboxylic acids is 1. The van der Waals surface area contributed by atoms with Gasteiger partial charge in [0.2, 0.25) is 6.41 Å². The van der Waals surface area contributed by atoms with Crippen LogP contribution in [-0.2, 0) is 4.79 Å². The molecule has 1 amide bonds. The van der Waals surface area contributed by atoms with Crippen LogP contribution in [0.2, 0.25) is 0 Å². The summed E-state index contributed by atoms with van der Waals surface area (Å²) < 4.78 is 0. The third-order valence-corrected chi connectivity index (χ3v) is 1.76. The van der Waals surface area contributed by atoms with E-state index in [4.69, 9.17) is 0 Å². The summed E-state index contributed by atoms with van der Waals surface area (Å²) in [6, 6.07) is 0. The van der Waals surface area contributed by atoms with E-state index in [0.717, 1.165) is 13.1 Å². The van der Waals surface area contributed by atoms with Gasteiger partial charge in [-0.2, -0.15) is 0 Å². The largest absolute Gasteiger partial charge is 0.371 e. The second-order valence-corrected chi connectivity index (χ2v) is 2.54. The number of nitrogens with one attached hydrogen (secondary N) is 2. The van der Waals surface area contributed by atoms with Gasteiger partial charge in [0.05, 0.1) is 0 Å². The predicted octanol–water partition coefficient (Wildman–Crippen LogP) is -1.20. The Morgan fingerprint density at radius 3 is 2.60 bits per heavy atom. The fraction of sp³-hybridized carbons (Fsp3) is 0.833. The Kier molecular flexibility index (Phi) is 2.24. The normalized spacial score (nSPS) is 23.7. The highest BCUT2D eigenvalue weighted by Crippen LogP contribution is 2.12. The maximum atomic E-state index is 9.99. The molecule has 10 heavy (non-hydrogen) atoms. The summed E-state index contributed by atoms with van der Waals surface area (Å²) in [5.74, 6) is 0. The van der Waals surface area contributed by atoms with Crippen molar-refractivity contribution in [1.82, 2.24) is 10.6 Å². The van der Waals surface area contributed by atoms with Crippen LogP contribution in [0, 0.1) is 0 Å². The molecule has 0 radical (unpaired) electrons. The number of hydrogen-bond donors (Lipinski definition) is 3. The van der Waals surface area contributed by atoms with Crippen molar-refractivity contribution in [2.45, 2.75) is 18.6 Å². The minimum Gasteiger partial charge on any atom is -0.371 e. The maximum Gasteiger partial charge on any atom is 0.209 e. The summed E-state index contributed by atoms with van der Waals surface area (Å²) in [7, 11) is 0. The molecule has 0 unspecified atom stereocenters. The number of carbonyl (C=O) groups is 1. The first kappa shape index (κ1) is 7.50. The van der Waals surface area contributed by atoms with Gasteiger partial charge < -0.3 is 15.7 Å². The minimum absolute atomic E-state index is 0.547. The van der Waals surface area contributed by atoms with E-state index < -0.39 is 5.72 Å². The van der Waals surface area contributed by atoms with Crippen molar-refractivity contribution in [3.8, 4) is 0 Å². The molecule has 1 rings (SSSR count). The Morgan fingerprint density at radius 2 is 2.10 bits per heavy atom. The van der Waals surface area contributed by atoms with E-state index in [1.165, 1.54) is 0 Å². The van der Waals surface area contributed by atoms with Crippen LogP contribution >= 0.6 is 0 Å². The van der Waals surface area contributed by atoms with Crippen molar-refractivity contribution >= 4 is 6.41 Å². The van der Waals surface area contributed by atoms with Crippen LogP contribution in [0.1, 0.15) is 12.8 Å². The zero-order valence-corrected chi connectivity index (χ0v) is 5.76. The van der Waals surface area contributed by atoms with Crippen molar-refractivity contribution < 1.29 is 9.90 Å². The van der Waals surface area contributed by atoms with Gasteiger partial charge in [-0.25, -0.2) is 0 Å². The quantitative estimate of drug-likeness (QED) is 0.337. The van der Waals surface area contributed by atoms with E-state index in [2.05, 4.69) is 10.6 Å². The van der Waals surface area contributed by atoms with Crippen LogP contribution in [0.3, 0.4) is 0 Å². The first-order valence-corrected chi connectivity index (χ1v) is 3.41. The highest BCUT2D eigenvalue weighted by Gasteiger charge is 2.27. The molecule has 1 heterocycles. The summed E-state index contributed by atoms with van der Waals surface area (Å²) in [5, 5.41) is 15.0. The number of piperidine rings is 1. The van der Waals surface area contributed by atoms with E-state index in [-0.39, 0.29) is 0 Å².